The van der Waals surface area contributed by atoms with Gasteiger partial charge in [-0.1, -0.05) is 0 Å². The zero-order valence-electron chi connectivity index (χ0n) is 7.26. The minimum atomic E-state index is 0.840. The Balaban J connectivity index is 2.52. The molecular weight excluding hydrogens is 142 g/mol. The molecule has 10 heavy (non-hydrogen) atoms. The molecule has 0 bridgehead atoms. The monoisotopic (exact) mass is 160 g/mol. The maximum Gasteiger partial charge on any atom is 0.0963 e. The van der Waals surface area contributed by atoms with Gasteiger partial charge in [0.15, 0.2) is 0 Å². The molecule has 0 unspecified atom stereocenters. The molecule has 0 N–H and O–H groups in total. The van der Waals surface area contributed by atoms with Crippen LogP contribution < -0.4 is 0 Å². The minimum Gasteiger partial charge on any atom is -0.264 e. The van der Waals surface area contributed by atoms with Crippen molar-refractivity contribution in [2.24, 2.45) is 0 Å². The lowest BCUT2D eigenvalue weighted by Crippen LogP contribution is -2.39. The molecule has 60 valence electrons. The highest BCUT2D eigenvalue weighted by Crippen LogP contribution is 2.29. The second kappa shape index (κ2) is 3.14. The van der Waals surface area contributed by atoms with Crippen LogP contribution >= 0.6 is 11.9 Å². The molecule has 0 aromatic carbocycles. The Labute approximate surface area is 68.5 Å². The molecule has 1 heterocycles. The van der Waals surface area contributed by atoms with Crippen LogP contribution in [0.5, 0.6) is 0 Å². The molecule has 1 atom stereocenters. The van der Waals surface area contributed by atoms with E-state index in [1.54, 1.807) is 0 Å². The van der Waals surface area contributed by atoms with Gasteiger partial charge in [-0.15, -0.1) is 0 Å². The lowest BCUT2D eigenvalue weighted by molar-refractivity contribution is -0.778. The SMILES string of the molecule is C[C@@H]1CCCCS[N+]1(C)C. The van der Waals surface area contributed by atoms with Crippen molar-refractivity contribution in [3.63, 3.8) is 0 Å². The van der Waals surface area contributed by atoms with Gasteiger partial charge in [0.2, 0.25) is 0 Å². The van der Waals surface area contributed by atoms with Gasteiger partial charge in [0.1, 0.15) is 0 Å². The third-order valence-electron chi connectivity index (χ3n) is 2.50. The van der Waals surface area contributed by atoms with Crippen LogP contribution in [0, 0.1) is 0 Å². The molecule has 0 aliphatic carbocycles. The van der Waals surface area contributed by atoms with Crippen molar-refractivity contribution in [2.45, 2.75) is 32.2 Å². The molecular formula is C8H18NS+. The highest BCUT2D eigenvalue weighted by atomic mass is 32.2. The van der Waals surface area contributed by atoms with E-state index in [4.69, 9.17) is 0 Å². The number of hydrogen-bond donors (Lipinski definition) is 0. The van der Waals surface area contributed by atoms with E-state index in [9.17, 15) is 0 Å². The van der Waals surface area contributed by atoms with Crippen molar-refractivity contribution >= 4 is 11.9 Å². The predicted molar refractivity (Wildman–Crippen MR) is 47.9 cm³/mol. The summed E-state index contributed by atoms with van der Waals surface area (Å²) < 4.78 is 1.15. The Morgan fingerprint density at radius 1 is 1.30 bits per heavy atom. The van der Waals surface area contributed by atoms with E-state index in [0.717, 1.165) is 9.93 Å². The summed E-state index contributed by atoms with van der Waals surface area (Å²) in [7, 11) is 4.64. The summed E-state index contributed by atoms with van der Waals surface area (Å²) in [5.74, 6) is 1.34. The van der Waals surface area contributed by atoms with Crippen LogP contribution in [0.1, 0.15) is 26.2 Å². The summed E-state index contributed by atoms with van der Waals surface area (Å²) in [5.41, 5.74) is 0. The van der Waals surface area contributed by atoms with Gasteiger partial charge in [-0.2, -0.15) is 0 Å². The molecule has 1 fully saturated rings. The molecule has 0 spiro atoms. The van der Waals surface area contributed by atoms with Crippen LogP contribution in [0.2, 0.25) is 0 Å². The Hall–Kier alpha value is 0.310. The lowest BCUT2D eigenvalue weighted by atomic mass is 10.1. The first-order valence-corrected chi connectivity index (χ1v) is 5.05. The van der Waals surface area contributed by atoms with Gasteiger partial charge in [-0.05, 0) is 19.8 Å². The van der Waals surface area contributed by atoms with E-state index in [2.05, 4.69) is 33.0 Å². The van der Waals surface area contributed by atoms with E-state index in [-0.39, 0.29) is 0 Å². The van der Waals surface area contributed by atoms with Gasteiger partial charge in [0.25, 0.3) is 0 Å². The second-order valence-electron chi connectivity index (χ2n) is 3.61. The molecule has 0 aromatic heterocycles. The highest BCUT2D eigenvalue weighted by molar-refractivity contribution is 7.93. The van der Waals surface area contributed by atoms with Gasteiger partial charge < -0.3 is 0 Å². The van der Waals surface area contributed by atoms with Crippen LogP contribution in [0.4, 0.5) is 0 Å². The third-order valence-corrected chi connectivity index (χ3v) is 4.00. The standard InChI is InChI=1S/C8H18NS/c1-8-6-4-5-7-10-9(8,2)3/h8H,4-7H2,1-3H3/q+1/t8-/m1/s1. The lowest BCUT2D eigenvalue weighted by Gasteiger charge is -2.31. The minimum absolute atomic E-state index is 0.840. The molecule has 1 nitrogen and oxygen atoms in total. The molecule has 0 amide bonds. The van der Waals surface area contributed by atoms with Gasteiger partial charge in [0, 0.05) is 12.2 Å². The molecule has 1 saturated heterocycles. The van der Waals surface area contributed by atoms with Crippen molar-refractivity contribution in [1.82, 2.24) is 0 Å². The fraction of sp³-hybridized carbons (Fsp3) is 1.00. The van der Waals surface area contributed by atoms with Crippen molar-refractivity contribution in [3.8, 4) is 0 Å². The zero-order chi connectivity index (χ0) is 7.61. The first-order valence-electron chi connectivity index (χ1n) is 4.11. The Kier molecular flexibility index (Phi) is 2.64. The number of nitrogens with zero attached hydrogens (tertiary/aromatic N) is 1. The number of hydrogen-bond acceptors (Lipinski definition) is 1. The van der Waals surface area contributed by atoms with Crippen LogP contribution in [-0.4, -0.2) is 29.8 Å². The van der Waals surface area contributed by atoms with Crippen molar-refractivity contribution in [3.05, 3.63) is 0 Å². The van der Waals surface area contributed by atoms with Gasteiger partial charge >= 0.3 is 0 Å². The van der Waals surface area contributed by atoms with E-state index in [0.29, 0.717) is 0 Å². The Bertz CT molecular complexity index is 112. The van der Waals surface area contributed by atoms with Crippen LogP contribution in [0.25, 0.3) is 0 Å². The van der Waals surface area contributed by atoms with Crippen molar-refractivity contribution in [2.75, 3.05) is 19.8 Å². The first kappa shape index (κ1) is 8.41. The highest BCUT2D eigenvalue weighted by Gasteiger charge is 2.27. The maximum atomic E-state index is 2.36. The third kappa shape index (κ3) is 1.89. The average molecular weight is 160 g/mol. The summed E-state index contributed by atoms with van der Waals surface area (Å²) in [4.78, 5) is 0. The fourth-order valence-corrected chi connectivity index (χ4v) is 2.44. The Morgan fingerprint density at radius 2 is 2.00 bits per heavy atom. The maximum absolute atomic E-state index is 2.36. The van der Waals surface area contributed by atoms with E-state index >= 15 is 0 Å². The second-order valence-corrected chi connectivity index (χ2v) is 5.22. The number of quaternary nitrogens is 1. The van der Waals surface area contributed by atoms with Crippen LogP contribution in [-0.2, 0) is 0 Å². The summed E-state index contributed by atoms with van der Waals surface area (Å²) in [6, 6.07) is 0.840. The Morgan fingerprint density at radius 3 is 2.70 bits per heavy atom. The van der Waals surface area contributed by atoms with E-state index < -0.39 is 0 Å². The molecule has 1 aliphatic heterocycles. The number of rotatable bonds is 0. The average Bonchev–Trinajstić information content (AvgIpc) is 1.96. The van der Waals surface area contributed by atoms with Gasteiger partial charge in [0.05, 0.1) is 32.1 Å². The van der Waals surface area contributed by atoms with Gasteiger partial charge in [-0.25, -0.2) is 0 Å². The normalized spacial score (nSPS) is 33.3. The molecule has 0 aromatic rings. The topological polar surface area (TPSA) is 0 Å². The smallest absolute Gasteiger partial charge is 0.0963 e. The van der Waals surface area contributed by atoms with E-state index in [1.807, 2.05) is 0 Å². The predicted octanol–water partition coefficient (Wildman–Crippen LogP) is 2.28. The van der Waals surface area contributed by atoms with Crippen LogP contribution in [0.15, 0.2) is 0 Å². The summed E-state index contributed by atoms with van der Waals surface area (Å²) in [5, 5.41) is 0. The summed E-state index contributed by atoms with van der Waals surface area (Å²) in [6.07, 6.45) is 4.24. The van der Waals surface area contributed by atoms with Crippen LogP contribution in [0.3, 0.4) is 0 Å². The molecule has 2 heteroatoms. The van der Waals surface area contributed by atoms with E-state index in [1.165, 1.54) is 25.0 Å². The molecule has 1 aliphatic rings. The quantitative estimate of drug-likeness (QED) is 0.387. The summed E-state index contributed by atoms with van der Waals surface area (Å²) >= 11 is 2.09. The largest absolute Gasteiger partial charge is 0.264 e. The van der Waals surface area contributed by atoms with Crippen molar-refractivity contribution in [1.29, 1.82) is 0 Å². The molecule has 1 rings (SSSR count). The molecule has 0 saturated carbocycles. The summed E-state index contributed by atoms with van der Waals surface area (Å²) in [6.45, 7) is 2.36. The van der Waals surface area contributed by atoms with Crippen molar-refractivity contribution < 1.29 is 3.89 Å². The molecule has 0 radical (unpaired) electrons. The zero-order valence-corrected chi connectivity index (χ0v) is 8.08. The van der Waals surface area contributed by atoms with Gasteiger partial charge in [-0.3, -0.25) is 3.89 Å². The first-order chi connectivity index (χ1) is 4.63. The fourth-order valence-electron chi connectivity index (χ4n) is 1.28.